The number of nitrogens with two attached hydrogens (primary N) is 1. The van der Waals surface area contributed by atoms with E-state index in [4.69, 9.17) is 22.1 Å². The number of anilines is 1. The molecule has 4 N–H and O–H groups in total. The van der Waals surface area contributed by atoms with Crippen LogP contribution in [0.1, 0.15) is 5.56 Å². The van der Waals surface area contributed by atoms with Crippen LogP contribution >= 0.6 is 24.0 Å². The maximum absolute atomic E-state index is 11.6. The van der Waals surface area contributed by atoms with E-state index in [-0.39, 0.29) is 31.4 Å². The van der Waals surface area contributed by atoms with Crippen LogP contribution in [-0.2, 0) is 9.59 Å². The van der Waals surface area contributed by atoms with Crippen LogP contribution in [0, 0.1) is 6.92 Å². The Labute approximate surface area is 128 Å². The van der Waals surface area contributed by atoms with Crippen molar-refractivity contribution in [2.45, 2.75) is 6.92 Å². The molecular formula is C12H17Cl2N3O3. The number of carbonyl (C=O) groups is 2. The van der Waals surface area contributed by atoms with Gasteiger partial charge in [-0.2, -0.15) is 0 Å². The summed E-state index contributed by atoms with van der Waals surface area (Å²) in [6, 6.07) is 3.31. The van der Waals surface area contributed by atoms with Crippen molar-refractivity contribution in [1.29, 1.82) is 0 Å². The molecule has 0 saturated heterocycles. The Balaban J connectivity index is 0.00000361. The quantitative estimate of drug-likeness (QED) is 0.756. The van der Waals surface area contributed by atoms with Gasteiger partial charge in [-0.15, -0.1) is 12.4 Å². The number of carbonyl (C=O) groups excluding carboxylic acids is 2. The molecule has 0 heterocycles. The fraction of sp³-hybridized carbons (Fsp3) is 0.333. The summed E-state index contributed by atoms with van der Waals surface area (Å²) in [6.07, 6.45) is 0. The summed E-state index contributed by atoms with van der Waals surface area (Å²) in [5.74, 6) is -0.315. The number of rotatable bonds is 5. The first-order valence-electron chi connectivity index (χ1n) is 5.58. The number of amides is 2. The number of aryl methyl sites for hydroxylation is 1. The predicted octanol–water partition coefficient (Wildman–Crippen LogP) is 1.09. The smallest absolute Gasteiger partial charge is 0.243 e. The van der Waals surface area contributed by atoms with Crippen molar-refractivity contribution >= 4 is 41.5 Å². The Morgan fingerprint density at radius 2 is 2.00 bits per heavy atom. The second kappa shape index (κ2) is 8.63. The van der Waals surface area contributed by atoms with Gasteiger partial charge >= 0.3 is 0 Å². The molecule has 0 aliphatic carbocycles. The van der Waals surface area contributed by atoms with Crippen molar-refractivity contribution in [3.05, 3.63) is 22.7 Å². The zero-order valence-corrected chi connectivity index (χ0v) is 12.7. The van der Waals surface area contributed by atoms with Crippen molar-refractivity contribution in [3.8, 4) is 5.75 Å². The third-order valence-corrected chi connectivity index (χ3v) is 2.79. The summed E-state index contributed by atoms with van der Waals surface area (Å²) < 4.78 is 5.12. The molecule has 1 aromatic carbocycles. The van der Waals surface area contributed by atoms with Crippen molar-refractivity contribution < 1.29 is 14.3 Å². The molecule has 0 atom stereocenters. The minimum Gasteiger partial charge on any atom is -0.495 e. The SMILES string of the molecule is COc1cc(Cl)c(C)cc1NC(=O)CNC(=O)CN.Cl. The molecule has 0 aliphatic rings. The van der Waals surface area contributed by atoms with Crippen LogP contribution in [-0.4, -0.2) is 32.0 Å². The predicted molar refractivity (Wildman–Crippen MR) is 80.7 cm³/mol. The second-order valence-corrected chi connectivity index (χ2v) is 4.24. The molecule has 112 valence electrons. The fourth-order valence-corrected chi connectivity index (χ4v) is 1.53. The number of halogens is 2. The Morgan fingerprint density at radius 3 is 2.55 bits per heavy atom. The van der Waals surface area contributed by atoms with Crippen LogP contribution in [0.25, 0.3) is 0 Å². The lowest BCUT2D eigenvalue weighted by Crippen LogP contribution is -2.36. The third kappa shape index (κ3) is 5.24. The van der Waals surface area contributed by atoms with E-state index in [1.54, 1.807) is 12.1 Å². The van der Waals surface area contributed by atoms with Gasteiger partial charge in [-0.1, -0.05) is 11.6 Å². The van der Waals surface area contributed by atoms with E-state index in [0.29, 0.717) is 16.5 Å². The third-order valence-electron chi connectivity index (χ3n) is 2.39. The van der Waals surface area contributed by atoms with Crippen molar-refractivity contribution in [2.75, 3.05) is 25.5 Å². The van der Waals surface area contributed by atoms with Gasteiger partial charge in [-0.25, -0.2) is 0 Å². The van der Waals surface area contributed by atoms with Crippen LogP contribution in [0.3, 0.4) is 0 Å². The maximum Gasteiger partial charge on any atom is 0.243 e. The van der Waals surface area contributed by atoms with Gasteiger partial charge in [0.15, 0.2) is 0 Å². The zero-order valence-electron chi connectivity index (χ0n) is 11.2. The second-order valence-electron chi connectivity index (χ2n) is 3.83. The number of ether oxygens (including phenoxy) is 1. The van der Waals surface area contributed by atoms with Gasteiger partial charge < -0.3 is 21.1 Å². The van der Waals surface area contributed by atoms with Gasteiger partial charge in [-0.05, 0) is 18.6 Å². The van der Waals surface area contributed by atoms with E-state index in [1.165, 1.54) is 7.11 Å². The minimum atomic E-state index is -0.394. The van der Waals surface area contributed by atoms with Gasteiger partial charge in [0.2, 0.25) is 11.8 Å². The Hall–Kier alpha value is -1.50. The highest BCUT2D eigenvalue weighted by Gasteiger charge is 2.10. The molecule has 6 nitrogen and oxygen atoms in total. The molecule has 8 heteroatoms. The number of hydrogen-bond donors (Lipinski definition) is 3. The van der Waals surface area contributed by atoms with Crippen molar-refractivity contribution in [1.82, 2.24) is 5.32 Å². The van der Waals surface area contributed by atoms with Crippen molar-refractivity contribution in [3.63, 3.8) is 0 Å². The van der Waals surface area contributed by atoms with Crippen LogP contribution in [0.15, 0.2) is 12.1 Å². The molecule has 0 aliphatic heterocycles. The first-order chi connectivity index (χ1) is 8.97. The van der Waals surface area contributed by atoms with Crippen LogP contribution in [0.5, 0.6) is 5.75 Å². The highest BCUT2D eigenvalue weighted by molar-refractivity contribution is 6.31. The topological polar surface area (TPSA) is 93.5 Å². The average Bonchev–Trinajstić information content (AvgIpc) is 2.39. The molecule has 1 aromatic rings. The lowest BCUT2D eigenvalue weighted by Gasteiger charge is -2.12. The lowest BCUT2D eigenvalue weighted by molar-refractivity contribution is -0.123. The molecule has 0 bridgehead atoms. The van der Waals surface area contributed by atoms with E-state index >= 15 is 0 Å². The first-order valence-corrected chi connectivity index (χ1v) is 5.96. The zero-order chi connectivity index (χ0) is 14.4. The van der Waals surface area contributed by atoms with Crippen LogP contribution < -0.4 is 21.1 Å². The van der Waals surface area contributed by atoms with Gasteiger partial charge in [0.1, 0.15) is 5.75 Å². The normalized spacial score (nSPS) is 9.40. The summed E-state index contributed by atoms with van der Waals surface area (Å²) in [5.41, 5.74) is 6.42. The number of nitrogens with one attached hydrogen (secondary N) is 2. The summed E-state index contributed by atoms with van der Waals surface area (Å²) in [6.45, 7) is 1.51. The lowest BCUT2D eigenvalue weighted by atomic mass is 10.2. The molecule has 1 rings (SSSR count). The van der Waals surface area contributed by atoms with E-state index < -0.39 is 5.91 Å². The summed E-state index contributed by atoms with van der Waals surface area (Å²) in [4.78, 5) is 22.6. The van der Waals surface area contributed by atoms with Gasteiger partial charge in [0, 0.05) is 11.1 Å². The molecule has 0 radical (unpaired) electrons. The molecular weight excluding hydrogens is 305 g/mol. The van der Waals surface area contributed by atoms with E-state index in [2.05, 4.69) is 10.6 Å². The molecule has 0 unspecified atom stereocenters. The summed E-state index contributed by atoms with van der Waals surface area (Å²) in [7, 11) is 1.48. The first kappa shape index (κ1) is 18.5. The summed E-state index contributed by atoms with van der Waals surface area (Å²) >= 11 is 5.96. The molecule has 20 heavy (non-hydrogen) atoms. The molecule has 2 amide bonds. The fourth-order valence-electron chi connectivity index (χ4n) is 1.38. The molecule has 0 aromatic heterocycles. The highest BCUT2D eigenvalue weighted by atomic mass is 35.5. The standard InChI is InChI=1S/C12H16ClN3O3.ClH/c1-7-3-9(10(19-2)4-8(7)13)16-12(18)6-15-11(17)5-14;/h3-4H,5-6,14H2,1-2H3,(H,15,17)(H,16,18);1H. The molecule has 0 fully saturated rings. The maximum atomic E-state index is 11.6. The van der Waals surface area contributed by atoms with Crippen LogP contribution in [0.4, 0.5) is 5.69 Å². The monoisotopic (exact) mass is 321 g/mol. The van der Waals surface area contributed by atoms with Gasteiger partial charge in [-0.3, -0.25) is 9.59 Å². The van der Waals surface area contributed by atoms with E-state index in [0.717, 1.165) is 5.56 Å². The van der Waals surface area contributed by atoms with Gasteiger partial charge in [0.05, 0.1) is 25.9 Å². The Morgan fingerprint density at radius 1 is 1.35 bits per heavy atom. The molecule has 0 spiro atoms. The van der Waals surface area contributed by atoms with Gasteiger partial charge in [0.25, 0.3) is 0 Å². The molecule has 0 saturated carbocycles. The average molecular weight is 322 g/mol. The number of methoxy groups -OCH3 is 1. The number of benzene rings is 1. The largest absolute Gasteiger partial charge is 0.495 e. The number of hydrogen-bond acceptors (Lipinski definition) is 4. The highest BCUT2D eigenvalue weighted by Crippen LogP contribution is 2.30. The Bertz CT molecular complexity index is 495. The summed E-state index contributed by atoms with van der Waals surface area (Å²) in [5, 5.41) is 5.55. The van der Waals surface area contributed by atoms with Crippen LogP contribution in [0.2, 0.25) is 5.02 Å². The van der Waals surface area contributed by atoms with E-state index in [1.807, 2.05) is 6.92 Å². The van der Waals surface area contributed by atoms with Crippen molar-refractivity contribution in [2.24, 2.45) is 5.73 Å². The minimum absolute atomic E-state index is 0. The Kier molecular flexibility index (Phi) is 7.98. The van der Waals surface area contributed by atoms with E-state index in [9.17, 15) is 9.59 Å².